The zero-order valence-electron chi connectivity index (χ0n) is 15.7. The lowest BCUT2D eigenvalue weighted by Gasteiger charge is -2.17. The average Bonchev–Trinajstić information content (AvgIpc) is 2.45. The lowest BCUT2D eigenvalue weighted by molar-refractivity contribution is 0.356. The van der Waals surface area contributed by atoms with Gasteiger partial charge in [-0.15, -0.1) is 0 Å². The normalized spacial score (nSPS) is 13.1. The molecule has 0 aromatic rings. The molecule has 0 aliphatic carbocycles. The van der Waals surface area contributed by atoms with Gasteiger partial charge in [0.05, 0.1) is 0 Å². The van der Waals surface area contributed by atoms with Gasteiger partial charge in [0, 0.05) is 0 Å². The second-order valence-corrected chi connectivity index (χ2v) is 7.51. The predicted molar refractivity (Wildman–Crippen MR) is 103 cm³/mol. The topological polar surface area (TPSA) is 0 Å². The van der Waals surface area contributed by atoms with Gasteiger partial charge >= 0.3 is 0 Å². The van der Waals surface area contributed by atoms with Gasteiger partial charge in [0.1, 0.15) is 0 Å². The molecule has 0 rings (SSSR count). The van der Waals surface area contributed by atoms with E-state index >= 15 is 0 Å². The Kier molecular flexibility index (Phi) is 14.6. The van der Waals surface area contributed by atoms with Crippen molar-refractivity contribution in [1.82, 2.24) is 0 Å². The van der Waals surface area contributed by atoms with E-state index < -0.39 is 0 Å². The minimum absolute atomic E-state index is 0.519. The van der Waals surface area contributed by atoms with Crippen LogP contribution in [0.1, 0.15) is 98.3 Å². The summed E-state index contributed by atoms with van der Waals surface area (Å²) in [6, 6.07) is 0. The first-order valence-corrected chi connectivity index (χ1v) is 9.51. The highest BCUT2D eigenvalue weighted by atomic mass is 14.1. The molecule has 0 fully saturated rings. The average molecular weight is 305 g/mol. The quantitative estimate of drug-likeness (QED) is 0.239. The minimum atomic E-state index is 0.519. The summed E-state index contributed by atoms with van der Waals surface area (Å²) < 4.78 is 0. The fourth-order valence-corrected chi connectivity index (χ4v) is 2.45. The molecule has 0 atom stereocenters. The van der Waals surface area contributed by atoms with Crippen molar-refractivity contribution in [3.63, 3.8) is 0 Å². The van der Waals surface area contributed by atoms with Crippen LogP contribution < -0.4 is 0 Å². The number of unbranched alkanes of at least 4 members (excludes halogenated alkanes) is 6. The van der Waals surface area contributed by atoms with Crippen LogP contribution in [0.3, 0.4) is 0 Å². The second kappa shape index (κ2) is 15.1. The molecule has 0 aromatic carbocycles. The molecule has 0 heteroatoms. The first-order chi connectivity index (χ1) is 10.6. The van der Waals surface area contributed by atoms with Gasteiger partial charge in [-0.05, 0) is 43.9 Å². The van der Waals surface area contributed by atoms with Gasteiger partial charge in [-0.1, -0.05) is 96.3 Å². The van der Waals surface area contributed by atoms with E-state index in [9.17, 15) is 0 Å². The summed E-state index contributed by atoms with van der Waals surface area (Å²) in [5.74, 6) is 0. The van der Waals surface area contributed by atoms with E-state index in [-0.39, 0.29) is 0 Å². The molecule has 0 saturated carbocycles. The van der Waals surface area contributed by atoms with Gasteiger partial charge in [-0.3, -0.25) is 0 Å². The van der Waals surface area contributed by atoms with Crippen molar-refractivity contribution in [2.45, 2.75) is 98.3 Å². The fraction of sp³-hybridized carbons (Fsp3) is 0.727. The maximum Gasteiger partial charge on any atom is -0.0169 e. The highest BCUT2D eigenvalue weighted by molar-refractivity contribution is 4.96. The van der Waals surface area contributed by atoms with E-state index in [2.05, 4.69) is 64.2 Å². The number of rotatable bonds is 13. The van der Waals surface area contributed by atoms with Crippen LogP contribution in [0.5, 0.6) is 0 Å². The molecule has 0 aromatic heterocycles. The summed E-state index contributed by atoms with van der Waals surface area (Å²) in [7, 11) is 0. The van der Waals surface area contributed by atoms with Crippen molar-refractivity contribution in [1.29, 1.82) is 0 Å². The van der Waals surface area contributed by atoms with Gasteiger partial charge in [-0.25, -0.2) is 0 Å². The van der Waals surface area contributed by atoms with Gasteiger partial charge in [0.2, 0.25) is 0 Å². The summed E-state index contributed by atoms with van der Waals surface area (Å²) in [6.07, 6.45) is 28.0. The van der Waals surface area contributed by atoms with Gasteiger partial charge in [0.15, 0.2) is 0 Å². The number of allylic oxidation sites excluding steroid dienone is 6. The SMILES string of the molecule is CC/C=C\C/C=C\C/C=C\CCCCCCCCC(C)(C)C. The molecule has 0 aliphatic heterocycles. The minimum Gasteiger partial charge on any atom is -0.0885 e. The maximum atomic E-state index is 2.35. The lowest BCUT2D eigenvalue weighted by atomic mass is 9.89. The molecule has 0 aliphatic rings. The largest absolute Gasteiger partial charge is 0.0885 e. The van der Waals surface area contributed by atoms with Crippen LogP contribution in [0.25, 0.3) is 0 Å². The summed E-state index contributed by atoms with van der Waals surface area (Å²) in [5, 5.41) is 0. The Morgan fingerprint density at radius 1 is 0.591 bits per heavy atom. The summed E-state index contributed by atoms with van der Waals surface area (Å²) >= 11 is 0. The predicted octanol–water partition coefficient (Wildman–Crippen LogP) is 8.01. The van der Waals surface area contributed by atoms with Gasteiger partial charge in [0.25, 0.3) is 0 Å². The summed E-state index contributed by atoms with van der Waals surface area (Å²) in [5.41, 5.74) is 0.519. The Morgan fingerprint density at radius 3 is 1.68 bits per heavy atom. The van der Waals surface area contributed by atoms with Crippen LogP contribution in [0.4, 0.5) is 0 Å². The zero-order chi connectivity index (χ0) is 16.5. The van der Waals surface area contributed by atoms with E-state index in [0.29, 0.717) is 5.41 Å². The van der Waals surface area contributed by atoms with E-state index in [1.165, 1.54) is 51.4 Å². The van der Waals surface area contributed by atoms with Crippen molar-refractivity contribution in [2.75, 3.05) is 0 Å². The second-order valence-electron chi connectivity index (χ2n) is 7.51. The van der Waals surface area contributed by atoms with Crippen LogP contribution in [-0.2, 0) is 0 Å². The fourth-order valence-electron chi connectivity index (χ4n) is 2.45. The number of hydrogen-bond acceptors (Lipinski definition) is 0. The lowest BCUT2D eigenvalue weighted by Crippen LogP contribution is -2.03. The molecule has 0 saturated heterocycles. The molecule has 0 N–H and O–H groups in total. The molecule has 0 spiro atoms. The Hall–Kier alpha value is -0.780. The molecule has 22 heavy (non-hydrogen) atoms. The molecule has 0 nitrogen and oxygen atoms in total. The third-order valence-electron chi connectivity index (χ3n) is 3.83. The highest BCUT2D eigenvalue weighted by Gasteiger charge is 2.08. The molecule has 0 unspecified atom stereocenters. The van der Waals surface area contributed by atoms with Gasteiger partial charge in [-0.2, -0.15) is 0 Å². The van der Waals surface area contributed by atoms with Crippen molar-refractivity contribution in [3.05, 3.63) is 36.5 Å². The Morgan fingerprint density at radius 2 is 1.09 bits per heavy atom. The number of hydrogen-bond donors (Lipinski definition) is 0. The van der Waals surface area contributed by atoms with Crippen LogP contribution in [-0.4, -0.2) is 0 Å². The molecule has 0 amide bonds. The Bertz CT molecular complexity index is 298. The molecule has 0 heterocycles. The van der Waals surface area contributed by atoms with Crippen LogP contribution in [0.2, 0.25) is 0 Å². The summed E-state index contributed by atoms with van der Waals surface area (Å²) in [4.78, 5) is 0. The highest BCUT2D eigenvalue weighted by Crippen LogP contribution is 2.22. The van der Waals surface area contributed by atoms with Crippen molar-refractivity contribution in [2.24, 2.45) is 5.41 Å². The van der Waals surface area contributed by atoms with E-state index in [4.69, 9.17) is 0 Å². The monoisotopic (exact) mass is 304 g/mol. The van der Waals surface area contributed by atoms with Crippen LogP contribution >= 0.6 is 0 Å². The summed E-state index contributed by atoms with van der Waals surface area (Å²) in [6.45, 7) is 9.21. The van der Waals surface area contributed by atoms with Crippen LogP contribution in [0, 0.1) is 5.41 Å². The van der Waals surface area contributed by atoms with E-state index in [0.717, 1.165) is 19.3 Å². The van der Waals surface area contributed by atoms with Crippen molar-refractivity contribution in [3.8, 4) is 0 Å². The molecular formula is C22H40. The van der Waals surface area contributed by atoms with Crippen molar-refractivity contribution < 1.29 is 0 Å². The van der Waals surface area contributed by atoms with Gasteiger partial charge < -0.3 is 0 Å². The zero-order valence-corrected chi connectivity index (χ0v) is 15.7. The van der Waals surface area contributed by atoms with E-state index in [1.54, 1.807) is 0 Å². The third-order valence-corrected chi connectivity index (χ3v) is 3.83. The smallest absolute Gasteiger partial charge is 0.0169 e. The molecule has 128 valence electrons. The molecular weight excluding hydrogens is 264 g/mol. The first kappa shape index (κ1) is 21.2. The molecule has 0 bridgehead atoms. The Labute approximate surface area is 140 Å². The standard InChI is InChI=1S/C22H40/c1-5-6-7-8-9-10-11-12-13-14-15-16-17-18-19-20-21-22(2,3)4/h6-7,9-10,12-13H,5,8,11,14-21H2,1-4H3/b7-6-,10-9-,13-12-. The van der Waals surface area contributed by atoms with Crippen LogP contribution in [0.15, 0.2) is 36.5 Å². The third kappa shape index (κ3) is 19.2. The maximum absolute atomic E-state index is 2.35. The first-order valence-electron chi connectivity index (χ1n) is 9.51. The molecule has 0 radical (unpaired) electrons. The Balaban J connectivity index is 3.25. The van der Waals surface area contributed by atoms with Crippen molar-refractivity contribution >= 4 is 0 Å². The van der Waals surface area contributed by atoms with E-state index in [1.807, 2.05) is 0 Å².